The van der Waals surface area contributed by atoms with Crippen molar-refractivity contribution < 1.29 is 9.32 Å². The summed E-state index contributed by atoms with van der Waals surface area (Å²) in [6.45, 7) is 2.13. The number of nitrogens with zero attached hydrogens (tertiary/aromatic N) is 3. The number of pyridine rings is 1. The molecule has 0 bridgehead atoms. The first-order valence-electron chi connectivity index (χ1n) is 5.98. The second kappa shape index (κ2) is 6.04. The van der Waals surface area contributed by atoms with Gasteiger partial charge in [0.25, 0.3) is 5.56 Å². The van der Waals surface area contributed by atoms with E-state index in [1.54, 1.807) is 32.3 Å². The molecular formula is C13H14BrN3O3. The van der Waals surface area contributed by atoms with Crippen molar-refractivity contribution >= 4 is 21.8 Å². The van der Waals surface area contributed by atoms with Crippen molar-refractivity contribution in [2.75, 3.05) is 7.05 Å². The SMILES string of the molecule is Cc1cc(CN(C)C(=O)Cn2cc(Br)ccc2=O)no1. The Kier molecular flexibility index (Phi) is 4.39. The Morgan fingerprint density at radius 2 is 2.25 bits per heavy atom. The number of hydrogen-bond acceptors (Lipinski definition) is 4. The zero-order valence-electron chi connectivity index (χ0n) is 11.2. The van der Waals surface area contributed by atoms with Crippen molar-refractivity contribution in [3.05, 3.63) is 50.7 Å². The molecule has 0 spiro atoms. The zero-order valence-corrected chi connectivity index (χ0v) is 12.8. The smallest absolute Gasteiger partial charge is 0.251 e. The molecule has 0 fully saturated rings. The first-order chi connectivity index (χ1) is 9.45. The fourth-order valence-corrected chi connectivity index (χ4v) is 2.10. The van der Waals surface area contributed by atoms with Gasteiger partial charge in [-0.15, -0.1) is 0 Å². The molecule has 0 N–H and O–H groups in total. The molecule has 0 atom stereocenters. The molecule has 0 aliphatic carbocycles. The lowest BCUT2D eigenvalue weighted by molar-refractivity contribution is -0.131. The highest BCUT2D eigenvalue weighted by atomic mass is 79.9. The largest absolute Gasteiger partial charge is 0.361 e. The molecule has 20 heavy (non-hydrogen) atoms. The molecule has 0 aliphatic heterocycles. The fourth-order valence-electron chi connectivity index (χ4n) is 1.72. The van der Waals surface area contributed by atoms with Crippen molar-refractivity contribution in [2.45, 2.75) is 20.0 Å². The van der Waals surface area contributed by atoms with Gasteiger partial charge in [0.15, 0.2) is 0 Å². The molecule has 2 rings (SSSR count). The molecule has 2 aromatic rings. The van der Waals surface area contributed by atoms with Crippen LogP contribution in [0.2, 0.25) is 0 Å². The van der Waals surface area contributed by atoms with Crippen LogP contribution >= 0.6 is 15.9 Å². The quantitative estimate of drug-likeness (QED) is 0.847. The van der Waals surface area contributed by atoms with Crippen LogP contribution in [0.4, 0.5) is 0 Å². The number of likely N-dealkylation sites (N-methyl/N-ethyl adjacent to an activating group) is 1. The molecular weight excluding hydrogens is 326 g/mol. The third-order valence-corrected chi connectivity index (χ3v) is 3.22. The predicted octanol–water partition coefficient (Wildman–Crippen LogP) is 1.57. The average Bonchev–Trinajstić information content (AvgIpc) is 2.79. The van der Waals surface area contributed by atoms with Crippen molar-refractivity contribution in [3.8, 4) is 0 Å². The van der Waals surface area contributed by atoms with Gasteiger partial charge in [-0.1, -0.05) is 5.16 Å². The Hall–Kier alpha value is -1.89. The highest BCUT2D eigenvalue weighted by molar-refractivity contribution is 9.10. The van der Waals surface area contributed by atoms with Crippen LogP contribution in [-0.2, 0) is 17.9 Å². The summed E-state index contributed by atoms with van der Waals surface area (Å²) in [5.41, 5.74) is 0.465. The maximum atomic E-state index is 12.1. The van der Waals surface area contributed by atoms with Gasteiger partial charge >= 0.3 is 0 Å². The third kappa shape index (κ3) is 3.57. The Bertz CT molecular complexity index is 677. The number of aryl methyl sites for hydroxylation is 1. The number of amides is 1. The number of aromatic nitrogens is 2. The molecule has 106 valence electrons. The molecule has 6 nitrogen and oxygen atoms in total. The summed E-state index contributed by atoms with van der Waals surface area (Å²) in [5, 5.41) is 3.83. The summed E-state index contributed by atoms with van der Waals surface area (Å²) >= 11 is 3.27. The molecule has 0 aliphatic rings. The second-order valence-electron chi connectivity index (χ2n) is 4.49. The number of halogens is 1. The topological polar surface area (TPSA) is 68.3 Å². The van der Waals surface area contributed by atoms with Crippen LogP contribution in [0.1, 0.15) is 11.5 Å². The predicted molar refractivity (Wildman–Crippen MR) is 76.1 cm³/mol. The minimum absolute atomic E-state index is 0.00833. The summed E-state index contributed by atoms with van der Waals surface area (Å²) < 4.78 is 7.06. The van der Waals surface area contributed by atoms with Gasteiger partial charge in [0.2, 0.25) is 5.91 Å². The highest BCUT2D eigenvalue weighted by Gasteiger charge is 2.13. The lowest BCUT2D eigenvalue weighted by Gasteiger charge is -2.16. The number of hydrogen-bond donors (Lipinski definition) is 0. The van der Waals surface area contributed by atoms with E-state index >= 15 is 0 Å². The average molecular weight is 340 g/mol. The molecule has 7 heteroatoms. The van der Waals surface area contributed by atoms with E-state index in [0.717, 1.165) is 4.47 Å². The normalized spacial score (nSPS) is 10.6. The van der Waals surface area contributed by atoms with Crippen LogP contribution in [0.5, 0.6) is 0 Å². The van der Waals surface area contributed by atoms with Crippen LogP contribution < -0.4 is 5.56 Å². The molecule has 0 unspecified atom stereocenters. The van der Waals surface area contributed by atoms with Gasteiger partial charge in [-0.25, -0.2) is 0 Å². The Balaban J connectivity index is 2.04. The third-order valence-electron chi connectivity index (χ3n) is 2.75. The summed E-state index contributed by atoms with van der Waals surface area (Å²) in [4.78, 5) is 25.2. The maximum absolute atomic E-state index is 12.1. The monoisotopic (exact) mass is 339 g/mol. The number of carbonyl (C=O) groups is 1. The van der Waals surface area contributed by atoms with E-state index in [1.165, 1.54) is 15.5 Å². The van der Waals surface area contributed by atoms with Gasteiger partial charge < -0.3 is 14.0 Å². The highest BCUT2D eigenvalue weighted by Crippen LogP contribution is 2.07. The minimum atomic E-state index is -0.216. The van der Waals surface area contributed by atoms with E-state index in [4.69, 9.17) is 4.52 Å². The maximum Gasteiger partial charge on any atom is 0.251 e. The molecule has 1 amide bonds. The van der Waals surface area contributed by atoms with E-state index in [9.17, 15) is 9.59 Å². The summed E-state index contributed by atoms with van der Waals surface area (Å²) in [6.07, 6.45) is 1.59. The lowest BCUT2D eigenvalue weighted by Crippen LogP contribution is -2.33. The molecule has 2 aromatic heterocycles. The van der Waals surface area contributed by atoms with Crippen molar-refractivity contribution in [3.63, 3.8) is 0 Å². The lowest BCUT2D eigenvalue weighted by atomic mass is 10.3. The molecule has 0 aromatic carbocycles. The van der Waals surface area contributed by atoms with Gasteiger partial charge in [0, 0.05) is 29.8 Å². The second-order valence-corrected chi connectivity index (χ2v) is 5.41. The van der Waals surface area contributed by atoms with Gasteiger partial charge in [-0.05, 0) is 28.9 Å². The van der Waals surface area contributed by atoms with E-state index in [0.29, 0.717) is 18.0 Å². The zero-order chi connectivity index (χ0) is 14.7. The summed E-state index contributed by atoms with van der Waals surface area (Å²) in [7, 11) is 1.66. The van der Waals surface area contributed by atoms with Crippen LogP contribution in [0.15, 0.2) is 38.2 Å². The van der Waals surface area contributed by atoms with E-state index in [2.05, 4.69) is 21.1 Å². The van der Waals surface area contributed by atoms with Crippen LogP contribution in [0.25, 0.3) is 0 Å². The van der Waals surface area contributed by atoms with Gasteiger partial charge in [0.05, 0.1) is 6.54 Å². The first-order valence-corrected chi connectivity index (χ1v) is 6.77. The van der Waals surface area contributed by atoms with Crippen LogP contribution in [0, 0.1) is 6.92 Å². The molecule has 0 saturated heterocycles. The van der Waals surface area contributed by atoms with E-state index in [1.807, 2.05) is 0 Å². The van der Waals surface area contributed by atoms with E-state index < -0.39 is 0 Å². The standard InChI is InChI=1S/C13H14BrN3O3/c1-9-5-11(15-20-9)7-16(2)13(19)8-17-6-10(14)3-4-12(17)18/h3-6H,7-8H2,1-2H3. The fraction of sp³-hybridized carbons (Fsp3) is 0.308. The Morgan fingerprint density at radius 1 is 1.50 bits per heavy atom. The summed E-state index contributed by atoms with van der Waals surface area (Å²) in [5.74, 6) is 0.523. The molecule has 0 radical (unpaired) electrons. The molecule has 0 saturated carbocycles. The number of rotatable bonds is 4. The van der Waals surface area contributed by atoms with Gasteiger partial charge in [0.1, 0.15) is 18.0 Å². The van der Waals surface area contributed by atoms with Gasteiger partial charge in [-0.2, -0.15) is 0 Å². The van der Waals surface area contributed by atoms with E-state index in [-0.39, 0.29) is 18.0 Å². The van der Waals surface area contributed by atoms with Crippen LogP contribution in [0.3, 0.4) is 0 Å². The minimum Gasteiger partial charge on any atom is -0.361 e. The summed E-state index contributed by atoms with van der Waals surface area (Å²) in [6, 6.07) is 4.83. The van der Waals surface area contributed by atoms with Crippen molar-refractivity contribution in [1.82, 2.24) is 14.6 Å². The molecule has 2 heterocycles. The van der Waals surface area contributed by atoms with Gasteiger partial charge in [-0.3, -0.25) is 9.59 Å². The van der Waals surface area contributed by atoms with Crippen molar-refractivity contribution in [2.24, 2.45) is 0 Å². The Labute approximate surface area is 124 Å². The van der Waals surface area contributed by atoms with Crippen molar-refractivity contribution in [1.29, 1.82) is 0 Å². The Morgan fingerprint density at radius 3 is 2.90 bits per heavy atom. The first kappa shape index (κ1) is 14.5. The number of carbonyl (C=O) groups excluding carboxylic acids is 1. The van der Waals surface area contributed by atoms with Crippen LogP contribution in [-0.4, -0.2) is 27.6 Å².